The van der Waals surface area contributed by atoms with Crippen LogP contribution in [0.4, 0.5) is 4.39 Å². The Balaban J connectivity index is 1.62. The Morgan fingerprint density at radius 1 is 1.38 bits per heavy atom. The van der Waals surface area contributed by atoms with E-state index in [0.29, 0.717) is 31.8 Å². The second kappa shape index (κ2) is 6.31. The van der Waals surface area contributed by atoms with Gasteiger partial charge in [-0.05, 0) is 25.2 Å². The number of ether oxygens (including phenoxy) is 1. The van der Waals surface area contributed by atoms with Gasteiger partial charge in [0.15, 0.2) is 0 Å². The molecule has 2 amide bonds. The van der Waals surface area contributed by atoms with Crippen LogP contribution in [0.15, 0.2) is 18.2 Å². The molecule has 1 spiro atoms. The molecule has 2 aliphatic rings. The molecule has 2 saturated heterocycles. The molecule has 6 nitrogen and oxygen atoms in total. The minimum absolute atomic E-state index is 0.0712. The highest BCUT2D eigenvalue weighted by molar-refractivity contribution is 6.31. The van der Waals surface area contributed by atoms with Crippen LogP contribution in [-0.2, 0) is 9.53 Å². The summed E-state index contributed by atoms with van der Waals surface area (Å²) in [6.45, 7) is 1.73. The van der Waals surface area contributed by atoms with Crippen molar-refractivity contribution in [2.24, 2.45) is 0 Å². The first-order valence-corrected chi connectivity index (χ1v) is 8.03. The maximum Gasteiger partial charge on any atom is 0.254 e. The molecule has 24 heavy (non-hydrogen) atoms. The summed E-state index contributed by atoms with van der Waals surface area (Å²) >= 11 is 5.73. The van der Waals surface area contributed by atoms with E-state index in [9.17, 15) is 14.0 Å². The average molecular weight is 356 g/mol. The maximum absolute atomic E-state index is 13.2. The quantitative estimate of drug-likeness (QED) is 0.850. The van der Waals surface area contributed by atoms with E-state index >= 15 is 0 Å². The van der Waals surface area contributed by atoms with Gasteiger partial charge in [0.2, 0.25) is 5.91 Å². The van der Waals surface area contributed by atoms with Crippen LogP contribution in [-0.4, -0.2) is 73.6 Å². The summed E-state index contributed by atoms with van der Waals surface area (Å²) < 4.78 is 19.1. The van der Waals surface area contributed by atoms with Gasteiger partial charge in [-0.25, -0.2) is 4.39 Å². The molecule has 0 aliphatic carbocycles. The molecule has 0 radical (unpaired) electrons. The zero-order valence-corrected chi connectivity index (χ0v) is 14.3. The number of likely N-dealkylation sites (N-methyl/N-ethyl adjacent to an activating group) is 2. The van der Waals surface area contributed by atoms with E-state index in [4.69, 9.17) is 16.3 Å². The van der Waals surface area contributed by atoms with E-state index in [1.807, 2.05) is 11.9 Å². The monoisotopic (exact) mass is 355 g/mol. The van der Waals surface area contributed by atoms with Crippen LogP contribution in [0.1, 0.15) is 10.4 Å². The number of hydrogen-bond acceptors (Lipinski definition) is 4. The summed E-state index contributed by atoms with van der Waals surface area (Å²) in [5.74, 6) is -0.839. The largest absolute Gasteiger partial charge is 0.368 e. The molecular formula is C16H19ClFN3O3. The fourth-order valence-corrected chi connectivity index (χ4v) is 3.41. The lowest BCUT2D eigenvalue weighted by molar-refractivity contribution is -0.187. The van der Waals surface area contributed by atoms with Crippen molar-refractivity contribution >= 4 is 23.4 Å². The van der Waals surface area contributed by atoms with Crippen LogP contribution in [0.25, 0.3) is 0 Å². The van der Waals surface area contributed by atoms with Gasteiger partial charge in [-0.15, -0.1) is 0 Å². The fourth-order valence-electron chi connectivity index (χ4n) is 3.23. The number of nitrogens with zero attached hydrogens (tertiary/aromatic N) is 2. The third-order valence-corrected chi connectivity index (χ3v) is 4.87. The Hall–Kier alpha value is -1.70. The normalized spacial score (nSPS) is 23.0. The lowest BCUT2D eigenvalue weighted by Crippen LogP contribution is -2.73. The summed E-state index contributed by atoms with van der Waals surface area (Å²) in [5, 5.41) is 2.55. The third-order valence-electron chi connectivity index (χ3n) is 4.58. The van der Waals surface area contributed by atoms with E-state index in [0.717, 1.165) is 0 Å². The van der Waals surface area contributed by atoms with Gasteiger partial charge in [0.25, 0.3) is 5.91 Å². The van der Waals surface area contributed by atoms with Crippen LogP contribution in [0.3, 0.4) is 0 Å². The Kier molecular flexibility index (Phi) is 4.50. The van der Waals surface area contributed by atoms with Crippen LogP contribution in [0, 0.1) is 5.82 Å². The number of benzene rings is 1. The first-order chi connectivity index (χ1) is 11.3. The number of likely N-dealkylation sites (tertiary alicyclic amines) is 1. The molecule has 0 bridgehead atoms. The van der Waals surface area contributed by atoms with Crippen LogP contribution in [0.2, 0.25) is 5.02 Å². The first kappa shape index (κ1) is 17.1. The van der Waals surface area contributed by atoms with Crippen molar-refractivity contribution in [1.82, 2.24) is 15.1 Å². The molecule has 8 heteroatoms. The van der Waals surface area contributed by atoms with Gasteiger partial charge in [0.1, 0.15) is 17.5 Å². The second-order valence-corrected chi connectivity index (χ2v) is 6.74. The molecule has 130 valence electrons. The molecule has 2 heterocycles. The molecule has 1 aromatic rings. The zero-order valence-electron chi connectivity index (χ0n) is 13.5. The lowest BCUT2D eigenvalue weighted by Gasteiger charge is -2.54. The average Bonchev–Trinajstić information content (AvgIpc) is 2.53. The van der Waals surface area contributed by atoms with Crippen molar-refractivity contribution in [2.45, 2.75) is 11.6 Å². The lowest BCUT2D eigenvalue weighted by atomic mass is 9.90. The molecule has 1 aromatic carbocycles. The van der Waals surface area contributed by atoms with Crippen molar-refractivity contribution in [2.75, 3.05) is 40.3 Å². The number of nitrogens with one attached hydrogen (secondary N) is 1. The number of morpholine rings is 1. The topological polar surface area (TPSA) is 61.9 Å². The maximum atomic E-state index is 13.2. The fraction of sp³-hybridized carbons (Fsp3) is 0.500. The van der Waals surface area contributed by atoms with Gasteiger partial charge >= 0.3 is 0 Å². The Bertz CT molecular complexity index is 679. The van der Waals surface area contributed by atoms with Gasteiger partial charge in [-0.1, -0.05) is 11.6 Å². The number of carbonyl (C=O) groups excluding carboxylic acids is 2. The van der Waals surface area contributed by atoms with Crippen LogP contribution in [0.5, 0.6) is 0 Å². The first-order valence-electron chi connectivity index (χ1n) is 7.65. The molecule has 2 fully saturated rings. The highest BCUT2D eigenvalue weighted by Crippen LogP contribution is 2.32. The Labute approximate surface area is 144 Å². The van der Waals surface area contributed by atoms with Crippen molar-refractivity contribution in [1.29, 1.82) is 0 Å². The molecular weight excluding hydrogens is 337 g/mol. The van der Waals surface area contributed by atoms with Gasteiger partial charge in [0.05, 0.1) is 24.7 Å². The van der Waals surface area contributed by atoms with Gasteiger partial charge < -0.3 is 15.0 Å². The summed E-state index contributed by atoms with van der Waals surface area (Å²) in [4.78, 5) is 27.8. The minimum atomic E-state index is -0.550. The molecule has 1 N–H and O–H groups in total. The van der Waals surface area contributed by atoms with E-state index < -0.39 is 11.4 Å². The molecule has 1 unspecified atom stereocenters. The predicted octanol–water partition coefficient (Wildman–Crippen LogP) is 0.750. The predicted molar refractivity (Wildman–Crippen MR) is 86.5 cm³/mol. The minimum Gasteiger partial charge on any atom is -0.368 e. The smallest absolute Gasteiger partial charge is 0.254 e. The van der Waals surface area contributed by atoms with Gasteiger partial charge in [-0.3, -0.25) is 14.5 Å². The summed E-state index contributed by atoms with van der Waals surface area (Å²) in [5.41, 5.74) is -0.0951. The van der Waals surface area contributed by atoms with Crippen LogP contribution >= 0.6 is 11.6 Å². The number of amides is 2. The highest BCUT2D eigenvalue weighted by atomic mass is 35.5. The van der Waals surface area contributed by atoms with Gasteiger partial charge in [0, 0.05) is 19.2 Å². The van der Waals surface area contributed by atoms with Crippen LogP contribution < -0.4 is 5.32 Å². The van der Waals surface area contributed by atoms with Crippen molar-refractivity contribution in [3.8, 4) is 0 Å². The van der Waals surface area contributed by atoms with E-state index in [1.165, 1.54) is 18.2 Å². The van der Waals surface area contributed by atoms with Crippen molar-refractivity contribution in [3.05, 3.63) is 34.6 Å². The highest BCUT2D eigenvalue weighted by Gasteiger charge is 2.51. The Morgan fingerprint density at radius 3 is 2.67 bits per heavy atom. The Morgan fingerprint density at radius 2 is 2.08 bits per heavy atom. The molecule has 3 rings (SSSR count). The number of hydrogen-bond donors (Lipinski definition) is 1. The number of rotatable bonds is 2. The molecule has 0 saturated carbocycles. The van der Waals surface area contributed by atoms with E-state index in [-0.39, 0.29) is 22.9 Å². The molecule has 2 aliphatic heterocycles. The van der Waals surface area contributed by atoms with Crippen molar-refractivity contribution < 1.29 is 18.7 Å². The zero-order chi connectivity index (χ0) is 17.5. The standard InChI is InChI=1S/C16H19ClFN3O3/c1-19-14(22)13-6-24-16(7-20(13)2)8-21(9-16)15(23)10-3-4-12(18)11(17)5-10/h3-5,13H,6-9H2,1-2H3,(H,19,22). The van der Waals surface area contributed by atoms with E-state index in [2.05, 4.69) is 5.32 Å². The third kappa shape index (κ3) is 2.99. The molecule has 0 aromatic heterocycles. The summed E-state index contributed by atoms with van der Waals surface area (Å²) in [6, 6.07) is 3.62. The van der Waals surface area contributed by atoms with Gasteiger partial charge in [-0.2, -0.15) is 0 Å². The number of carbonyl (C=O) groups is 2. The van der Waals surface area contributed by atoms with E-state index in [1.54, 1.807) is 11.9 Å². The summed E-state index contributed by atoms with van der Waals surface area (Å²) in [7, 11) is 3.46. The number of halogens is 2. The van der Waals surface area contributed by atoms with Crippen molar-refractivity contribution in [3.63, 3.8) is 0 Å². The SMILES string of the molecule is CNC(=O)C1COC2(CN(C(=O)c3ccc(F)c(Cl)c3)C2)CN1C. The second-order valence-electron chi connectivity index (χ2n) is 6.33. The molecule has 1 atom stereocenters. The summed E-state index contributed by atoms with van der Waals surface area (Å²) in [6.07, 6.45) is 0.